The van der Waals surface area contributed by atoms with Crippen LogP contribution in [0.2, 0.25) is 0 Å². The topological polar surface area (TPSA) is 50.7 Å². The molecule has 2 heterocycles. The third-order valence-corrected chi connectivity index (χ3v) is 4.92. The number of esters is 1. The summed E-state index contributed by atoms with van der Waals surface area (Å²) in [5.41, 5.74) is 4.82. The number of aromatic nitrogens is 1. The van der Waals surface area contributed by atoms with Gasteiger partial charge in [0.15, 0.2) is 6.20 Å². The molecule has 144 valence electrons. The van der Waals surface area contributed by atoms with E-state index in [9.17, 15) is 9.59 Å². The van der Waals surface area contributed by atoms with Gasteiger partial charge in [0.1, 0.15) is 5.69 Å². The van der Waals surface area contributed by atoms with E-state index in [1.807, 2.05) is 73.0 Å². The van der Waals surface area contributed by atoms with Crippen molar-refractivity contribution in [2.24, 2.45) is 0 Å². The number of carbonyl (C=O) groups is 2. The van der Waals surface area contributed by atoms with Crippen molar-refractivity contribution in [3.05, 3.63) is 77.1 Å². The molecule has 0 radical (unpaired) electrons. The first-order valence-corrected chi connectivity index (χ1v) is 9.38. The van der Waals surface area contributed by atoms with Gasteiger partial charge in [-0.1, -0.05) is 30.3 Å². The van der Waals surface area contributed by atoms with Gasteiger partial charge in [-0.2, -0.15) is 4.40 Å². The maximum atomic E-state index is 12.6. The van der Waals surface area contributed by atoms with Gasteiger partial charge < -0.3 is 9.64 Å². The molecule has 3 aromatic rings. The van der Waals surface area contributed by atoms with Gasteiger partial charge in [-0.3, -0.25) is 4.79 Å². The lowest BCUT2D eigenvalue weighted by Crippen LogP contribution is -2.37. The Kier molecular flexibility index (Phi) is 5.73. The van der Waals surface area contributed by atoms with Gasteiger partial charge in [-0.25, -0.2) is 4.79 Å². The summed E-state index contributed by atoms with van der Waals surface area (Å²) in [6, 6.07) is 15.6. The summed E-state index contributed by atoms with van der Waals surface area (Å²) in [4.78, 5) is 27.0. The molecule has 0 saturated carbocycles. The first-order valence-electron chi connectivity index (χ1n) is 9.38. The Morgan fingerprint density at radius 3 is 2.32 bits per heavy atom. The highest BCUT2D eigenvalue weighted by molar-refractivity contribution is 5.98. The number of benzene rings is 1. The maximum absolute atomic E-state index is 12.6. The van der Waals surface area contributed by atoms with Crippen molar-refractivity contribution in [2.45, 2.75) is 34.2 Å². The molecular formula is C23H25N2O3+. The lowest BCUT2D eigenvalue weighted by Gasteiger charge is -2.24. The summed E-state index contributed by atoms with van der Waals surface area (Å²) in [5.74, 6) is -0.422. The summed E-state index contributed by atoms with van der Waals surface area (Å²) in [6.45, 7) is 7.96. The monoisotopic (exact) mass is 377 g/mol. The minimum atomic E-state index is -0.367. The van der Waals surface area contributed by atoms with Crippen molar-refractivity contribution in [2.75, 3.05) is 11.5 Å². The minimum absolute atomic E-state index is 0.0546. The SMILES string of the molecule is CCOC(=O)c1c(C)c(C)c(N(Cc2ccccc2)C(C)=O)c2cccc[n+]12. The minimum Gasteiger partial charge on any atom is -0.458 e. The number of carbonyl (C=O) groups excluding carboxylic acids is 2. The fourth-order valence-electron chi connectivity index (χ4n) is 3.46. The number of nitrogens with zero attached hydrogens (tertiary/aromatic N) is 2. The molecule has 0 aliphatic heterocycles. The summed E-state index contributed by atoms with van der Waals surface area (Å²) < 4.78 is 7.09. The molecular weight excluding hydrogens is 352 g/mol. The summed E-state index contributed by atoms with van der Waals surface area (Å²) in [6.07, 6.45) is 1.83. The second-order valence-electron chi connectivity index (χ2n) is 6.71. The fraction of sp³-hybridized carbons (Fsp3) is 0.261. The highest BCUT2D eigenvalue weighted by Gasteiger charge is 2.31. The van der Waals surface area contributed by atoms with Gasteiger partial charge in [0.25, 0.3) is 5.69 Å². The van der Waals surface area contributed by atoms with E-state index in [2.05, 4.69) is 0 Å². The third-order valence-electron chi connectivity index (χ3n) is 4.92. The molecule has 3 rings (SSSR count). The molecule has 0 fully saturated rings. The zero-order valence-electron chi connectivity index (χ0n) is 16.7. The van der Waals surface area contributed by atoms with E-state index in [-0.39, 0.29) is 11.9 Å². The Morgan fingerprint density at radius 2 is 1.68 bits per heavy atom. The van der Waals surface area contributed by atoms with E-state index in [4.69, 9.17) is 4.74 Å². The number of pyridine rings is 2. The van der Waals surface area contributed by atoms with Crippen molar-refractivity contribution in [1.29, 1.82) is 0 Å². The highest BCUT2D eigenvalue weighted by Crippen LogP contribution is 2.30. The van der Waals surface area contributed by atoms with E-state index in [1.165, 1.54) is 0 Å². The van der Waals surface area contributed by atoms with Gasteiger partial charge >= 0.3 is 5.97 Å². The first-order chi connectivity index (χ1) is 13.5. The second kappa shape index (κ2) is 8.21. The highest BCUT2D eigenvalue weighted by atomic mass is 16.5. The number of hydrogen-bond acceptors (Lipinski definition) is 3. The summed E-state index contributed by atoms with van der Waals surface area (Å²) in [5, 5.41) is 0. The van der Waals surface area contributed by atoms with Crippen LogP contribution in [0.25, 0.3) is 5.52 Å². The first kappa shape index (κ1) is 19.5. The number of rotatable bonds is 5. The average molecular weight is 377 g/mol. The Balaban J connectivity index is 2.25. The Hall–Kier alpha value is -3.21. The Labute approximate surface area is 165 Å². The van der Waals surface area contributed by atoms with E-state index < -0.39 is 0 Å². The third kappa shape index (κ3) is 3.60. The average Bonchev–Trinajstić information content (AvgIpc) is 2.68. The zero-order valence-corrected chi connectivity index (χ0v) is 16.7. The molecule has 2 aromatic heterocycles. The van der Waals surface area contributed by atoms with Crippen LogP contribution in [0.5, 0.6) is 0 Å². The molecule has 1 amide bonds. The molecule has 0 saturated heterocycles. The number of ether oxygens (including phenoxy) is 1. The number of anilines is 1. The molecule has 0 atom stereocenters. The van der Waals surface area contributed by atoms with Crippen LogP contribution in [-0.4, -0.2) is 18.5 Å². The quantitative estimate of drug-likeness (QED) is 0.502. The smallest absolute Gasteiger partial charge is 0.404 e. The van der Waals surface area contributed by atoms with Crippen LogP contribution >= 0.6 is 0 Å². The van der Waals surface area contributed by atoms with Gasteiger partial charge in [0.2, 0.25) is 11.4 Å². The number of fused-ring (bicyclic) bond motifs is 1. The normalized spacial score (nSPS) is 10.7. The standard InChI is InChI=1S/C23H25N2O3/c1-5-28-23(27)22-17(3)16(2)21(20-13-9-10-14-24(20)22)25(18(4)26)15-19-11-7-6-8-12-19/h6-14H,5,15H2,1-4H3/q+1. The van der Waals surface area contributed by atoms with Crippen molar-refractivity contribution in [1.82, 2.24) is 0 Å². The van der Waals surface area contributed by atoms with Crippen LogP contribution in [-0.2, 0) is 16.1 Å². The molecule has 0 bridgehead atoms. The second-order valence-corrected chi connectivity index (χ2v) is 6.71. The molecule has 0 aliphatic carbocycles. The molecule has 0 aliphatic rings. The lowest BCUT2D eigenvalue weighted by molar-refractivity contribution is -0.515. The number of amides is 1. The molecule has 1 aromatic carbocycles. The van der Waals surface area contributed by atoms with Crippen molar-refractivity contribution >= 4 is 23.1 Å². The van der Waals surface area contributed by atoms with Crippen LogP contribution in [0.3, 0.4) is 0 Å². The van der Waals surface area contributed by atoms with E-state index in [0.29, 0.717) is 18.8 Å². The van der Waals surface area contributed by atoms with Crippen LogP contribution in [0.1, 0.15) is 41.0 Å². The fourth-order valence-corrected chi connectivity index (χ4v) is 3.46. The van der Waals surface area contributed by atoms with E-state index >= 15 is 0 Å². The molecule has 0 N–H and O–H groups in total. The van der Waals surface area contributed by atoms with Crippen molar-refractivity contribution in [3.63, 3.8) is 0 Å². The molecule has 0 spiro atoms. The van der Waals surface area contributed by atoms with Crippen molar-refractivity contribution < 1.29 is 18.7 Å². The predicted octanol–water partition coefficient (Wildman–Crippen LogP) is 3.77. The summed E-state index contributed by atoms with van der Waals surface area (Å²) in [7, 11) is 0. The lowest BCUT2D eigenvalue weighted by atomic mass is 10.0. The predicted molar refractivity (Wildman–Crippen MR) is 108 cm³/mol. The van der Waals surface area contributed by atoms with Crippen molar-refractivity contribution in [3.8, 4) is 0 Å². The van der Waals surface area contributed by atoms with Crippen LogP contribution in [0.15, 0.2) is 54.7 Å². The summed E-state index contributed by atoms with van der Waals surface area (Å²) >= 11 is 0. The van der Waals surface area contributed by atoms with Gasteiger partial charge in [-0.15, -0.1) is 0 Å². The van der Waals surface area contributed by atoms with Crippen LogP contribution in [0.4, 0.5) is 5.69 Å². The van der Waals surface area contributed by atoms with Crippen LogP contribution in [0, 0.1) is 13.8 Å². The number of hydrogen-bond donors (Lipinski definition) is 0. The zero-order chi connectivity index (χ0) is 20.3. The van der Waals surface area contributed by atoms with Gasteiger partial charge in [0, 0.05) is 24.6 Å². The Morgan fingerprint density at radius 1 is 1.00 bits per heavy atom. The van der Waals surface area contributed by atoms with Gasteiger partial charge in [-0.05, 0) is 38.0 Å². The maximum Gasteiger partial charge on any atom is 0.404 e. The molecule has 28 heavy (non-hydrogen) atoms. The largest absolute Gasteiger partial charge is 0.458 e. The Bertz CT molecular complexity index is 1030. The van der Waals surface area contributed by atoms with Crippen LogP contribution < -0.4 is 9.30 Å². The van der Waals surface area contributed by atoms with E-state index in [0.717, 1.165) is 27.9 Å². The van der Waals surface area contributed by atoms with E-state index in [1.54, 1.807) is 18.7 Å². The molecule has 0 unspecified atom stereocenters. The van der Waals surface area contributed by atoms with Gasteiger partial charge in [0.05, 0.1) is 13.2 Å². The molecule has 5 heteroatoms. The molecule has 5 nitrogen and oxygen atoms in total.